The molecule has 2 aromatic heterocycles. The quantitative estimate of drug-likeness (QED) is 0.124. The number of allylic oxidation sites excluding steroid dienone is 1. The minimum Gasteiger partial charge on any atom is -0.325 e. The van der Waals surface area contributed by atoms with Crippen molar-refractivity contribution in [1.82, 2.24) is 19.7 Å². The van der Waals surface area contributed by atoms with Gasteiger partial charge in [0, 0.05) is 40.6 Å². The molecule has 0 aliphatic heterocycles. The van der Waals surface area contributed by atoms with Gasteiger partial charge < -0.3 is 5.32 Å². The third kappa shape index (κ3) is 6.32. The summed E-state index contributed by atoms with van der Waals surface area (Å²) in [5.74, 6) is 0.420. The molecule has 0 unspecified atom stereocenters. The van der Waals surface area contributed by atoms with Gasteiger partial charge in [-0.3, -0.25) is 14.2 Å². The fraction of sp³-hybridized carbons (Fsp3) is 0.129. The van der Waals surface area contributed by atoms with Gasteiger partial charge in [-0.2, -0.15) is 0 Å². The summed E-state index contributed by atoms with van der Waals surface area (Å²) in [6.45, 7) is 5.79. The van der Waals surface area contributed by atoms with Crippen molar-refractivity contribution in [3.05, 3.63) is 97.1 Å². The summed E-state index contributed by atoms with van der Waals surface area (Å²) in [4.78, 5) is 29.2. The highest BCUT2D eigenvalue weighted by molar-refractivity contribution is 7.99. The van der Waals surface area contributed by atoms with Crippen molar-refractivity contribution in [2.45, 2.75) is 23.5 Å². The van der Waals surface area contributed by atoms with E-state index >= 15 is 0 Å². The summed E-state index contributed by atoms with van der Waals surface area (Å²) in [6, 6.07) is 22.9. The van der Waals surface area contributed by atoms with Crippen LogP contribution in [-0.4, -0.2) is 51.9 Å². The van der Waals surface area contributed by atoms with Crippen molar-refractivity contribution in [2.24, 2.45) is 0 Å². The Hall–Kier alpha value is -4.61. The van der Waals surface area contributed by atoms with Gasteiger partial charge in [-0.05, 0) is 55.5 Å². The monoisotopic (exact) mass is 597 g/mol. The Balaban J connectivity index is 1.45. The van der Waals surface area contributed by atoms with E-state index in [1.54, 1.807) is 54.6 Å². The third-order valence-corrected chi connectivity index (χ3v) is 8.57. The van der Waals surface area contributed by atoms with Crippen LogP contribution in [0.3, 0.4) is 0 Å². The molecule has 3 aromatic carbocycles. The number of ketones is 1. The number of amides is 1. The molecule has 0 fully saturated rings. The van der Waals surface area contributed by atoms with Crippen LogP contribution in [0.15, 0.2) is 102 Å². The first-order valence-corrected chi connectivity index (χ1v) is 15.8. The number of sulfone groups is 1. The lowest BCUT2D eigenvalue weighted by Crippen LogP contribution is -2.14. The average molecular weight is 598 g/mol. The van der Waals surface area contributed by atoms with Gasteiger partial charge in [-0.25, -0.2) is 13.4 Å². The van der Waals surface area contributed by atoms with E-state index in [9.17, 15) is 18.0 Å². The molecule has 9 nitrogen and oxygen atoms in total. The number of para-hydroxylation sites is 1. The largest absolute Gasteiger partial charge is 0.325 e. The summed E-state index contributed by atoms with van der Waals surface area (Å²) in [7, 11) is -3.33. The van der Waals surface area contributed by atoms with E-state index in [0.29, 0.717) is 34.5 Å². The summed E-state index contributed by atoms with van der Waals surface area (Å²) in [6.07, 6.45) is 2.91. The molecule has 42 heavy (non-hydrogen) atoms. The number of fused-ring (bicyclic) bond motifs is 1. The number of carbonyl (C=O) groups excluding carboxylic acids is 2. The van der Waals surface area contributed by atoms with Gasteiger partial charge in [-0.1, -0.05) is 48.2 Å². The van der Waals surface area contributed by atoms with E-state index in [0.717, 1.165) is 22.0 Å². The molecule has 0 spiro atoms. The second kappa shape index (κ2) is 12.1. The zero-order valence-corrected chi connectivity index (χ0v) is 24.6. The number of aromatic nitrogens is 4. The molecule has 5 rings (SSSR count). The van der Waals surface area contributed by atoms with Crippen LogP contribution in [0.4, 0.5) is 5.69 Å². The van der Waals surface area contributed by atoms with Gasteiger partial charge in [0.25, 0.3) is 0 Å². The average Bonchev–Trinajstić information content (AvgIpc) is 3.37. The number of thioether (sulfide) groups is 1. The van der Waals surface area contributed by atoms with Crippen molar-refractivity contribution in [3.63, 3.8) is 0 Å². The van der Waals surface area contributed by atoms with E-state index in [-0.39, 0.29) is 22.3 Å². The number of carbonyl (C=O) groups is 2. The molecule has 0 aliphatic rings. The van der Waals surface area contributed by atoms with Gasteiger partial charge in [-0.15, -0.1) is 16.8 Å². The maximum Gasteiger partial charge on any atom is 0.234 e. The third-order valence-electron chi connectivity index (χ3n) is 6.47. The predicted octanol–water partition coefficient (Wildman–Crippen LogP) is 5.68. The van der Waals surface area contributed by atoms with Gasteiger partial charge in [0.2, 0.25) is 5.91 Å². The minimum atomic E-state index is -3.33. The van der Waals surface area contributed by atoms with E-state index < -0.39 is 9.84 Å². The maximum absolute atomic E-state index is 12.7. The number of nitrogens with zero attached hydrogens (tertiary/aromatic N) is 4. The Morgan fingerprint density at radius 1 is 1.00 bits per heavy atom. The lowest BCUT2D eigenvalue weighted by atomic mass is 10.0. The maximum atomic E-state index is 12.7. The molecule has 0 atom stereocenters. The number of rotatable bonds is 10. The Labute approximate surface area is 247 Å². The van der Waals surface area contributed by atoms with Crippen LogP contribution in [-0.2, 0) is 21.2 Å². The van der Waals surface area contributed by atoms with Crippen molar-refractivity contribution < 1.29 is 18.0 Å². The number of pyridine rings is 1. The first-order chi connectivity index (χ1) is 20.1. The van der Waals surface area contributed by atoms with Crippen LogP contribution in [0, 0.1) is 0 Å². The molecule has 0 saturated carbocycles. The lowest BCUT2D eigenvalue weighted by molar-refractivity contribution is -0.113. The molecule has 1 N–H and O–H groups in total. The minimum absolute atomic E-state index is 0.0419. The molecule has 0 aliphatic carbocycles. The summed E-state index contributed by atoms with van der Waals surface area (Å²) in [5, 5.41) is 13.1. The molecule has 1 amide bonds. The van der Waals surface area contributed by atoms with Crippen molar-refractivity contribution >= 4 is 49.9 Å². The normalized spacial score (nSPS) is 11.4. The molecular weight excluding hydrogens is 571 g/mol. The van der Waals surface area contributed by atoms with Crippen LogP contribution in [0.1, 0.15) is 17.3 Å². The topological polar surface area (TPSA) is 124 Å². The van der Waals surface area contributed by atoms with Crippen molar-refractivity contribution in [1.29, 1.82) is 0 Å². The Kier molecular flexibility index (Phi) is 8.32. The standard InChI is InChI=1S/C31H27N5O4S2/c1-4-17-36-30(34-35-31(36)41-19-29(38)32-23-13-9-21(10-14-23)20(2)37)26-18-28(33-27-8-6-5-7-25(26)27)22-11-15-24(16-12-22)42(3,39)40/h4-16,18H,1,17,19H2,2-3H3,(H,32,38). The fourth-order valence-corrected chi connectivity index (χ4v) is 5.76. The highest BCUT2D eigenvalue weighted by Gasteiger charge is 2.19. The summed E-state index contributed by atoms with van der Waals surface area (Å²) in [5.41, 5.74) is 4.12. The summed E-state index contributed by atoms with van der Waals surface area (Å²) >= 11 is 1.25. The predicted molar refractivity (Wildman–Crippen MR) is 165 cm³/mol. The molecule has 2 heterocycles. The van der Waals surface area contributed by atoms with E-state index in [1.165, 1.54) is 24.9 Å². The van der Waals surface area contributed by atoms with Crippen LogP contribution in [0.2, 0.25) is 0 Å². The number of anilines is 1. The Bertz CT molecular complexity index is 1920. The first kappa shape index (κ1) is 28.9. The zero-order chi connectivity index (χ0) is 29.9. The number of hydrogen-bond donors (Lipinski definition) is 1. The molecular formula is C31H27N5O4S2. The highest BCUT2D eigenvalue weighted by Crippen LogP contribution is 2.33. The second-order valence-electron chi connectivity index (χ2n) is 9.54. The smallest absolute Gasteiger partial charge is 0.234 e. The molecule has 0 bridgehead atoms. The van der Waals surface area contributed by atoms with Crippen LogP contribution >= 0.6 is 11.8 Å². The van der Waals surface area contributed by atoms with Gasteiger partial charge in [0.15, 0.2) is 26.6 Å². The van der Waals surface area contributed by atoms with Crippen molar-refractivity contribution in [2.75, 3.05) is 17.3 Å². The number of nitrogens with one attached hydrogen (secondary N) is 1. The van der Waals surface area contributed by atoms with Crippen molar-refractivity contribution in [3.8, 4) is 22.6 Å². The number of Topliss-reactive ketones (excluding diaryl/α,β-unsaturated/α-hetero) is 1. The first-order valence-electron chi connectivity index (χ1n) is 12.9. The van der Waals surface area contributed by atoms with E-state index in [4.69, 9.17) is 4.98 Å². The van der Waals surface area contributed by atoms with Crippen LogP contribution < -0.4 is 5.32 Å². The van der Waals surface area contributed by atoms with Crippen LogP contribution in [0.25, 0.3) is 33.5 Å². The Morgan fingerprint density at radius 2 is 1.71 bits per heavy atom. The number of benzene rings is 3. The second-order valence-corrected chi connectivity index (χ2v) is 12.5. The van der Waals surface area contributed by atoms with Gasteiger partial charge >= 0.3 is 0 Å². The summed E-state index contributed by atoms with van der Waals surface area (Å²) < 4.78 is 25.8. The fourth-order valence-electron chi connectivity index (χ4n) is 4.39. The van der Waals surface area contributed by atoms with E-state index in [2.05, 4.69) is 22.1 Å². The number of hydrogen-bond acceptors (Lipinski definition) is 8. The van der Waals surface area contributed by atoms with Gasteiger partial charge in [0.05, 0.1) is 21.9 Å². The molecule has 11 heteroatoms. The Morgan fingerprint density at radius 3 is 2.38 bits per heavy atom. The molecule has 0 radical (unpaired) electrons. The van der Waals surface area contributed by atoms with Gasteiger partial charge in [0.1, 0.15) is 0 Å². The lowest BCUT2D eigenvalue weighted by Gasteiger charge is -2.12. The molecule has 212 valence electrons. The highest BCUT2D eigenvalue weighted by atomic mass is 32.2. The van der Waals surface area contributed by atoms with Crippen LogP contribution in [0.5, 0.6) is 0 Å². The zero-order valence-electron chi connectivity index (χ0n) is 22.9. The molecule has 0 saturated heterocycles. The SMILES string of the molecule is C=CCn1c(SCC(=O)Nc2ccc(C(C)=O)cc2)nnc1-c1cc(-c2ccc(S(C)(=O)=O)cc2)nc2ccccc12. The van der Waals surface area contributed by atoms with E-state index in [1.807, 2.05) is 34.9 Å². The molecule has 5 aromatic rings.